The number of rotatable bonds is 4. The Bertz CT molecular complexity index is 1740. The molecule has 15 heteroatoms. The Balaban J connectivity index is 1.73. The second-order valence-corrected chi connectivity index (χ2v) is 15.1. The van der Waals surface area contributed by atoms with E-state index in [-0.39, 0.29) is 5.56 Å². The van der Waals surface area contributed by atoms with Crippen molar-refractivity contribution in [3.8, 4) is 0 Å². The molecule has 0 amide bonds. The molecule has 1 N–H and O–H groups in total. The summed E-state index contributed by atoms with van der Waals surface area (Å²) in [4.78, 5) is 1.22. The van der Waals surface area contributed by atoms with Crippen molar-refractivity contribution in [2.75, 3.05) is 23.9 Å². The van der Waals surface area contributed by atoms with Gasteiger partial charge in [0, 0.05) is 42.0 Å². The normalized spacial score (nSPS) is 23.1. The van der Waals surface area contributed by atoms with Crippen LogP contribution >= 0.6 is 0 Å². The summed E-state index contributed by atoms with van der Waals surface area (Å²) in [5.41, 5.74) is -13.2. The van der Waals surface area contributed by atoms with Crippen LogP contribution in [0.25, 0.3) is 0 Å². The number of hydrogen-bond acceptors (Lipinski definition) is 7. The van der Waals surface area contributed by atoms with Crippen LogP contribution in [0.15, 0.2) is 70.1 Å². The van der Waals surface area contributed by atoms with Crippen molar-refractivity contribution in [1.82, 2.24) is 0 Å². The summed E-state index contributed by atoms with van der Waals surface area (Å²) >= 11 is 0. The van der Waals surface area contributed by atoms with Crippen molar-refractivity contribution >= 4 is 31.0 Å². The van der Waals surface area contributed by atoms with Crippen LogP contribution in [-0.4, -0.2) is 52.8 Å². The van der Waals surface area contributed by atoms with Gasteiger partial charge in [-0.2, -0.15) is 26.3 Å². The van der Waals surface area contributed by atoms with E-state index in [0.29, 0.717) is 22.6 Å². The van der Waals surface area contributed by atoms with Gasteiger partial charge >= 0.3 is 11.0 Å². The molecule has 2 aromatic carbocycles. The Hall–Kier alpha value is -3.04. The zero-order chi connectivity index (χ0) is 32.1. The van der Waals surface area contributed by atoms with Gasteiger partial charge in [0.25, 0.3) is 19.7 Å². The molecule has 0 bridgehead atoms. The lowest BCUT2D eigenvalue weighted by Crippen LogP contribution is -2.52. The van der Waals surface area contributed by atoms with E-state index in [2.05, 4.69) is 0 Å². The summed E-state index contributed by atoms with van der Waals surface area (Å²) in [5.74, 6) is 0. The number of alkyl halides is 6. The summed E-state index contributed by atoms with van der Waals surface area (Å²) in [5, 5.41) is 11.8. The molecule has 4 rings (SSSR count). The van der Waals surface area contributed by atoms with Gasteiger partial charge in [0.2, 0.25) is 0 Å². The van der Waals surface area contributed by atoms with Gasteiger partial charge in [0.15, 0.2) is 5.72 Å². The Morgan fingerprint density at radius 3 is 1.69 bits per heavy atom. The summed E-state index contributed by atoms with van der Waals surface area (Å²) in [6.07, 6.45) is 4.44. The second-order valence-electron chi connectivity index (χ2n) is 11.3. The Morgan fingerprint density at radius 2 is 1.21 bits per heavy atom. The number of benzene rings is 2. The first-order valence-electron chi connectivity index (χ1n) is 12.3. The van der Waals surface area contributed by atoms with E-state index in [1.54, 1.807) is 45.7 Å². The molecule has 0 fully saturated rings. The first-order chi connectivity index (χ1) is 18.8. The molecular weight excluding hydrogens is 610 g/mol. The van der Waals surface area contributed by atoms with Gasteiger partial charge < -0.3 is 14.9 Å². The van der Waals surface area contributed by atoms with E-state index in [0.717, 1.165) is 24.3 Å². The average Bonchev–Trinajstić information content (AvgIpc) is 3.14. The molecule has 2 aliphatic rings. The minimum absolute atomic E-state index is 0.166. The summed E-state index contributed by atoms with van der Waals surface area (Å²) in [6.45, 7) is 6.47. The Labute approximate surface area is 239 Å². The lowest BCUT2D eigenvalue weighted by molar-refractivity contribution is -0.0442. The number of hydrogen-bond donors (Lipinski definition) is 1. The van der Waals surface area contributed by atoms with Crippen molar-refractivity contribution in [1.29, 1.82) is 0 Å². The van der Waals surface area contributed by atoms with Crippen LogP contribution in [0.3, 0.4) is 0 Å². The first kappa shape index (κ1) is 31.9. The van der Waals surface area contributed by atoms with Crippen molar-refractivity contribution in [2.24, 2.45) is 0 Å². The summed E-state index contributed by atoms with van der Waals surface area (Å²) in [6, 6.07) is 6.07. The lowest BCUT2D eigenvalue weighted by atomic mass is 9.77. The van der Waals surface area contributed by atoms with Crippen molar-refractivity contribution in [3.63, 3.8) is 0 Å². The minimum atomic E-state index is -5.63. The molecular formula is C27H28F6N2O5S2. The number of anilines is 2. The van der Waals surface area contributed by atoms with Gasteiger partial charge in [-0.05, 0) is 59.7 Å². The zero-order valence-corrected chi connectivity index (χ0v) is 24.9. The van der Waals surface area contributed by atoms with E-state index in [1.807, 2.05) is 0 Å². The van der Waals surface area contributed by atoms with E-state index in [9.17, 15) is 48.3 Å². The maximum Gasteiger partial charge on any atom is 0.501 e. The van der Waals surface area contributed by atoms with Crippen LogP contribution in [0.5, 0.6) is 0 Å². The molecule has 230 valence electrons. The molecule has 2 aromatic rings. The van der Waals surface area contributed by atoms with Crippen LogP contribution in [-0.2, 0) is 30.5 Å². The van der Waals surface area contributed by atoms with E-state index >= 15 is 0 Å². The van der Waals surface area contributed by atoms with E-state index in [1.165, 1.54) is 36.2 Å². The second kappa shape index (κ2) is 9.23. The van der Waals surface area contributed by atoms with Crippen LogP contribution in [0.1, 0.15) is 38.8 Å². The predicted octanol–water partition coefficient (Wildman–Crippen LogP) is 5.56. The highest BCUT2D eigenvalue weighted by Crippen LogP contribution is 2.52. The van der Waals surface area contributed by atoms with Gasteiger partial charge in [-0.1, -0.05) is 33.8 Å². The van der Waals surface area contributed by atoms with Crippen molar-refractivity contribution < 1.29 is 48.3 Å². The molecule has 42 heavy (non-hydrogen) atoms. The average molecular weight is 639 g/mol. The van der Waals surface area contributed by atoms with Crippen molar-refractivity contribution in [3.05, 3.63) is 71.5 Å². The lowest BCUT2D eigenvalue weighted by Gasteiger charge is -2.39. The first-order valence-corrected chi connectivity index (χ1v) is 15.3. The highest BCUT2D eigenvalue weighted by Gasteiger charge is 2.55. The molecule has 0 saturated carbocycles. The fourth-order valence-electron chi connectivity index (χ4n) is 5.62. The maximum atomic E-state index is 13.2. The topological polar surface area (TPSA) is 95.0 Å². The van der Waals surface area contributed by atoms with Gasteiger partial charge in [0.05, 0.1) is 9.79 Å². The quantitative estimate of drug-likeness (QED) is 0.439. The zero-order valence-electron chi connectivity index (χ0n) is 23.3. The van der Waals surface area contributed by atoms with Crippen LogP contribution in [0.4, 0.5) is 37.7 Å². The monoisotopic (exact) mass is 638 g/mol. The highest BCUT2D eigenvalue weighted by atomic mass is 32.2. The van der Waals surface area contributed by atoms with Gasteiger partial charge in [-0.3, -0.25) is 0 Å². The third-order valence-electron chi connectivity index (χ3n) is 8.25. The van der Waals surface area contributed by atoms with Gasteiger partial charge in [-0.15, -0.1) is 0 Å². The minimum Gasteiger partial charge on any atom is -0.366 e. The number of fused-ring (bicyclic) bond motifs is 2. The maximum absolute atomic E-state index is 13.2. The van der Waals surface area contributed by atoms with Gasteiger partial charge in [0.1, 0.15) is 0 Å². The molecule has 7 nitrogen and oxygen atoms in total. The van der Waals surface area contributed by atoms with Crippen LogP contribution in [0, 0.1) is 0 Å². The molecule has 0 aliphatic carbocycles. The smallest absolute Gasteiger partial charge is 0.366 e. The number of likely N-dealkylation sites (N-methyl/N-ethyl adjacent to an activating group) is 2. The molecule has 1 unspecified atom stereocenters. The van der Waals surface area contributed by atoms with Crippen molar-refractivity contribution in [2.45, 2.75) is 65.1 Å². The van der Waals surface area contributed by atoms with Gasteiger partial charge in [-0.25, -0.2) is 16.8 Å². The predicted molar refractivity (Wildman–Crippen MR) is 144 cm³/mol. The van der Waals surface area contributed by atoms with E-state index < -0.39 is 57.0 Å². The fourth-order valence-corrected chi connectivity index (χ4v) is 7.19. The largest absolute Gasteiger partial charge is 0.501 e. The summed E-state index contributed by atoms with van der Waals surface area (Å²) in [7, 11) is -8.07. The number of aliphatic hydroxyl groups is 1. The third-order valence-corrected chi connectivity index (χ3v) is 11.2. The Kier molecular flexibility index (Phi) is 7.01. The van der Waals surface area contributed by atoms with Crippen LogP contribution in [0.2, 0.25) is 0 Å². The number of halogens is 6. The van der Waals surface area contributed by atoms with E-state index in [4.69, 9.17) is 0 Å². The molecule has 2 aliphatic heterocycles. The summed E-state index contributed by atoms with van der Waals surface area (Å²) < 4.78 is 127. The molecule has 0 radical (unpaired) electrons. The fraction of sp³-hybridized carbons (Fsp3) is 0.407. The molecule has 0 saturated heterocycles. The third kappa shape index (κ3) is 4.34. The molecule has 0 spiro atoms. The molecule has 0 aromatic heterocycles. The molecule has 1 atom stereocenters. The molecule has 2 heterocycles. The Morgan fingerprint density at radius 1 is 0.762 bits per heavy atom. The number of allylic oxidation sites excluding steroid dienone is 3. The number of sulfone groups is 2. The van der Waals surface area contributed by atoms with Crippen LogP contribution < -0.4 is 9.80 Å². The standard InChI is InChI=1S/C27H28F6N2O5S2/c1-23(2)18-14-16(41(37,38)26(28,29)30)9-11-20(18)34(5)22(23)8-7-13-25(36)24(3,4)19-15-17(10-12-21(19)35(25)6)42(39,40)27(31,32)33/h7-15,36H,1-6H3/b13-7+,22-8+. The number of nitrogens with zero attached hydrogens (tertiary/aromatic N) is 2. The SMILES string of the molecule is CN1/C(=C/C=C/C2(O)N(C)c3ccc(S(=O)(=O)C(F)(F)F)cc3C2(C)C)C(C)(C)c2cc(S(=O)(=O)C(F)(F)F)ccc21. The highest BCUT2D eigenvalue weighted by molar-refractivity contribution is 7.92.